The lowest BCUT2D eigenvalue weighted by Crippen LogP contribution is -2.02. The number of hydrogen-bond acceptors (Lipinski definition) is 3. The highest BCUT2D eigenvalue weighted by molar-refractivity contribution is 6.34. The number of para-hydroxylation sites is 1. The van der Waals surface area contributed by atoms with Crippen LogP contribution >= 0.6 is 11.6 Å². The molecule has 1 heterocycles. The van der Waals surface area contributed by atoms with Crippen LogP contribution in [0.1, 0.15) is 5.69 Å². The molecule has 2 rings (SSSR count). The molecule has 4 heteroatoms. The second-order valence-electron chi connectivity index (χ2n) is 2.78. The van der Waals surface area contributed by atoms with E-state index in [-0.39, 0.29) is 0 Å². The minimum absolute atomic E-state index is 0.564. The topological polar surface area (TPSA) is 52.0 Å². The van der Waals surface area contributed by atoms with E-state index in [1.54, 1.807) is 6.07 Å². The third kappa shape index (κ3) is 1.41. The van der Waals surface area contributed by atoms with Gasteiger partial charge in [-0.1, -0.05) is 22.8 Å². The summed E-state index contributed by atoms with van der Waals surface area (Å²) in [5, 5.41) is 5.45. The van der Waals surface area contributed by atoms with E-state index in [0.717, 1.165) is 11.1 Å². The van der Waals surface area contributed by atoms with Crippen molar-refractivity contribution < 1.29 is 4.52 Å². The minimum Gasteiger partial charge on any atom is -0.354 e. The summed E-state index contributed by atoms with van der Waals surface area (Å²) in [6, 6.07) is 5.59. The van der Waals surface area contributed by atoms with Crippen molar-refractivity contribution in [2.45, 2.75) is 6.42 Å². The fourth-order valence-corrected chi connectivity index (χ4v) is 1.50. The average molecular weight is 197 g/mol. The smallest absolute Gasteiger partial charge is 0.185 e. The number of halogens is 1. The molecular formula is C9H9ClN2O. The van der Waals surface area contributed by atoms with Crippen molar-refractivity contribution in [1.82, 2.24) is 5.16 Å². The number of nitrogens with two attached hydrogens (primary N) is 1. The van der Waals surface area contributed by atoms with Crippen molar-refractivity contribution in [2.75, 3.05) is 6.54 Å². The number of hydrogen-bond donors (Lipinski definition) is 1. The average Bonchev–Trinajstić information content (AvgIpc) is 2.51. The molecule has 0 bridgehead atoms. The lowest BCUT2D eigenvalue weighted by molar-refractivity contribution is 0.446. The predicted molar refractivity (Wildman–Crippen MR) is 51.8 cm³/mol. The van der Waals surface area contributed by atoms with E-state index in [1.807, 2.05) is 12.1 Å². The van der Waals surface area contributed by atoms with Gasteiger partial charge in [-0.3, -0.25) is 0 Å². The van der Waals surface area contributed by atoms with E-state index in [9.17, 15) is 0 Å². The quantitative estimate of drug-likeness (QED) is 0.799. The summed E-state index contributed by atoms with van der Waals surface area (Å²) in [5.41, 5.74) is 6.96. The molecule has 1 aromatic carbocycles. The summed E-state index contributed by atoms with van der Waals surface area (Å²) in [5.74, 6) is 0. The molecule has 2 N–H and O–H groups in total. The Balaban J connectivity index is 2.61. The van der Waals surface area contributed by atoms with Crippen LogP contribution in [0.15, 0.2) is 22.7 Å². The second-order valence-corrected chi connectivity index (χ2v) is 3.19. The Morgan fingerprint density at radius 3 is 3.08 bits per heavy atom. The molecule has 68 valence electrons. The Morgan fingerprint density at radius 1 is 1.46 bits per heavy atom. The Kier molecular flexibility index (Phi) is 2.20. The molecule has 3 nitrogen and oxygen atoms in total. The van der Waals surface area contributed by atoms with Crippen molar-refractivity contribution in [3.05, 3.63) is 28.9 Å². The van der Waals surface area contributed by atoms with Gasteiger partial charge in [0.15, 0.2) is 5.58 Å². The third-order valence-electron chi connectivity index (χ3n) is 1.91. The van der Waals surface area contributed by atoms with Crippen LogP contribution in [0.4, 0.5) is 0 Å². The molecule has 0 aliphatic carbocycles. The molecule has 0 aliphatic heterocycles. The molecule has 0 radical (unpaired) electrons. The summed E-state index contributed by atoms with van der Waals surface area (Å²) >= 11 is 5.91. The van der Waals surface area contributed by atoms with Crippen molar-refractivity contribution in [1.29, 1.82) is 0 Å². The maximum absolute atomic E-state index is 5.91. The summed E-state index contributed by atoms with van der Waals surface area (Å²) in [4.78, 5) is 0. The molecule has 1 aromatic heterocycles. The summed E-state index contributed by atoms with van der Waals surface area (Å²) in [7, 11) is 0. The van der Waals surface area contributed by atoms with Gasteiger partial charge in [-0.15, -0.1) is 0 Å². The van der Waals surface area contributed by atoms with Crippen molar-refractivity contribution in [3.63, 3.8) is 0 Å². The van der Waals surface area contributed by atoms with Gasteiger partial charge < -0.3 is 10.3 Å². The first-order valence-electron chi connectivity index (χ1n) is 4.06. The lowest BCUT2D eigenvalue weighted by atomic mass is 10.2. The molecule has 0 amide bonds. The monoisotopic (exact) mass is 196 g/mol. The van der Waals surface area contributed by atoms with Crippen LogP contribution in [0.5, 0.6) is 0 Å². The zero-order valence-electron chi connectivity index (χ0n) is 6.96. The first-order valence-corrected chi connectivity index (χ1v) is 4.43. The predicted octanol–water partition coefficient (Wildman–Crippen LogP) is 1.98. The largest absolute Gasteiger partial charge is 0.354 e. The van der Waals surface area contributed by atoms with Crippen LogP contribution in [-0.4, -0.2) is 11.7 Å². The number of benzene rings is 1. The summed E-state index contributed by atoms with van der Waals surface area (Å²) < 4.78 is 5.09. The molecule has 13 heavy (non-hydrogen) atoms. The van der Waals surface area contributed by atoms with Gasteiger partial charge in [0.25, 0.3) is 0 Å². The molecule has 0 fully saturated rings. The molecule has 0 spiro atoms. The first-order chi connectivity index (χ1) is 6.33. The first kappa shape index (κ1) is 8.53. The SMILES string of the molecule is NCCc1noc2c(Cl)cccc12. The van der Waals surface area contributed by atoms with Gasteiger partial charge in [0.05, 0.1) is 10.7 Å². The zero-order valence-corrected chi connectivity index (χ0v) is 7.71. The highest BCUT2D eigenvalue weighted by Gasteiger charge is 2.09. The van der Waals surface area contributed by atoms with Crippen molar-refractivity contribution in [2.24, 2.45) is 5.73 Å². The van der Waals surface area contributed by atoms with Crippen LogP contribution in [-0.2, 0) is 6.42 Å². The minimum atomic E-state index is 0.564. The second kappa shape index (κ2) is 3.36. The Hall–Kier alpha value is -1.06. The number of nitrogens with zero attached hydrogens (tertiary/aromatic N) is 1. The molecule has 0 saturated carbocycles. The van der Waals surface area contributed by atoms with E-state index in [2.05, 4.69) is 5.16 Å². The summed E-state index contributed by atoms with van der Waals surface area (Å²) in [6.45, 7) is 0.564. The van der Waals surface area contributed by atoms with Gasteiger partial charge in [0.2, 0.25) is 0 Å². The molecule has 0 atom stereocenters. The molecule has 0 saturated heterocycles. The van der Waals surface area contributed by atoms with Gasteiger partial charge >= 0.3 is 0 Å². The van der Waals surface area contributed by atoms with E-state index in [4.69, 9.17) is 21.9 Å². The normalized spacial score (nSPS) is 10.9. The van der Waals surface area contributed by atoms with E-state index < -0.39 is 0 Å². The Bertz CT molecular complexity index is 424. The zero-order chi connectivity index (χ0) is 9.26. The van der Waals surface area contributed by atoms with Gasteiger partial charge in [-0.25, -0.2) is 0 Å². The van der Waals surface area contributed by atoms with Crippen molar-refractivity contribution >= 4 is 22.6 Å². The third-order valence-corrected chi connectivity index (χ3v) is 2.20. The molecule has 0 unspecified atom stereocenters. The number of rotatable bonds is 2. The standard InChI is InChI=1S/C9H9ClN2O/c10-7-3-1-2-6-8(4-5-11)12-13-9(6)7/h1-3H,4-5,11H2. The highest BCUT2D eigenvalue weighted by atomic mass is 35.5. The maximum Gasteiger partial charge on any atom is 0.185 e. The number of aromatic nitrogens is 1. The van der Waals surface area contributed by atoms with Gasteiger partial charge in [-0.2, -0.15) is 0 Å². The highest BCUT2D eigenvalue weighted by Crippen LogP contribution is 2.25. The Morgan fingerprint density at radius 2 is 2.31 bits per heavy atom. The molecular weight excluding hydrogens is 188 g/mol. The molecule has 2 aromatic rings. The van der Waals surface area contributed by atoms with Crippen molar-refractivity contribution in [3.8, 4) is 0 Å². The van der Waals surface area contributed by atoms with E-state index in [1.165, 1.54) is 0 Å². The summed E-state index contributed by atoms with van der Waals surface area (Å²) in [6.07, 6.45) is 0.716. The van der Waals surface area contributed by atoms with Crippen LogP contribution in [0.2, 0.25) is 5.02 Å². The Labute approximate surface area is 80.5 Å². The van der Waals surface area contributed by atoms with Crippen LogP contribution < -0.4 is 5.73 Å². The fraction of sp³-hybridized carbons (Fsp3) is 0.222. The maximum atomic E-state index is 5.91. The van der Waals surface area contributed by atoms with E-state index >= 15 is 0 Å². The van der Waals surface area contributed by atoms with E-state index in [0.29, 0.717) is 23.6 Å². The number of fused-ring (bicyclic) bond motifs is 1. The van der Waals surface area contributed by atoms with Crippen LogP contribution in [0.25, 0.3) is 11.0 Å². The lowest BCUT2D eigenvalue weighted by Gasteiger charge is -1.91. The van der Waals surface area contributed by atoms with Gasteiger partial charge in [-0.05, 0) is 18.7 Å². The van der Waals surface area contributed by atoms with Crippen LogP contribution in [0.3, 0.4) is 0 Å². The fourth-order valence-electron chi connectivity index (χ4n) is 1.30. The van der Waals surface area contributed by atoms with Crippen LogP contribution in [0, 0.1) is 0 Å². The van der Waals surface area contributed by atoms with Gasteiger partial charge in [0.1, 0.15) is 0 Å². The molecule has 0 aliphatic rings. The van der Waals surface area contributed by atoms with Gasteiger partial charge in [0, 0.05) is 11.8 Å².